The number of nitro benzene ring substituents is 1. The van der Waals surface area contributed by atoms with Crippen molar-refractivity contribution in [3.63, 3.8) is 0 Å². The van der Waals surface area contributed by atoms with E-state index in [1.165, 1.54) is 31.3 Å². The van der Waals surface area contributed by atoms with E-state index >= 15 is 0 Å². The second-order valence-corrected chi connectivity index (χ2v) is 9.46. The summed E-state index contributed by atoms with van der Waals surface area (Å²) in [6.45, 7) is 7.26. The molecule has 0 amide bonds. The largest absolute Gasteiger partial charge is 0.496 e. The van der Waals surface area contributed by atoms with Gasteiger partial charge in [-0.3, -0.25) is 14.9 Å². The van der Waals surface area contributed by atoms with Crippen molar-refractivity contribution in [3.8, 4) is 22.9 Å². The van der Waals surface area contributed by atoms with Gasteiger partial charge in [-0.25, -0.2) is 9.78 Å². The van der Waals surface area contributed by atoms with Gasteiger partial charge in [0, 0.05) is 23.3 Å². The van der Waals surface area contributed by atoms with Crippen molar-refractivity contribution in [1.29, 1.82) is 0 Å². The molecule has 3 aromatic carbocycles. The zero-order valence-corrected chi connectivity index (χ0v) is 22.6. The van der Waals surface area contributed by atoms with Crippen molar-refractivity contribution in [1.82, 2.24) is 9.66 Å². The number of fused-ring (bicyclic) bond motifs is 1. The first-order chi connectivity index (χ1) is 19.0. The number of rotatable bonds is 9. The van der Waals surface area contributed by atoms with Crippen LogP contribution in [-0.4, -0.2) is 45.1 Å². The number of carbonyl (C=O) groups is 1. The zero-order chi connectivity index (χ0) is 29.1. The first-order valence-corrected chi connectivity index (χ1v) is 12.4. The number of aryl methyl sites for hydroxylation is 1. The van der Waals surface area contributed by atoms with Crippen LogP contribution in [-0.2, 0) is 4.79 Å². The third kappa shape index (κ3) is 5.53. The quantitative estimate of drug-likeness (QED) is 0.173. The Morgan fingerprint density at radius 2 is 1.85 bits per heavy atom. The molecule has 0 fully saturated rings. The van der Waals surface area contributed by atoms with Gasteiger partial charge >= 0.3 is 5.97 Å². The molecule has 11 heteroatoms. The minimum atomic E-state index is -1.23. The number of ether oxygens (including phenoxy) is 2. The number of aliphatic carboxylic acids is 1. The molecule has 11 nitrogen and oxygen atoms in total. The molecule has 40 heavy (non-hydrogen) atoms. The summed E-state index contributed by atoms with van der Waals surface area (Å²) in [7, 11) is 1.60. The van der Waals surface area contributed by atoms with Crippen LogP contribution in [0.4, 0.5) is 5.69 Å². The summed E-state index contributed by atoms with van der Waals surface area (Å²) in [5, 5.41) is 25.5. The molecule has 0 aliphatic carbocycles. The van der Waals surface area contributed by atoms with Crippen LogP contribution in [0, 0.1) is 17.0 Å². The topological polar surface area (TPSA) is 146 Å². The molecule has 0 spiro atoms. The van der Waals surface area contributed by atoms with Crippen molar-refractivity contribution in [2.24, 2.45) is 5.10 Å². The molecule has 0 aliphatic rings. The van der Waals surface area contributed by atoms with Crippen molar-refractivity contribution in [2.45, 2.75) is 39.7 Å². The molecule has 1 heterocycles. The Bertz CT molecular complexity index is 1710. The van der Waals surface area contributed by atoms with Crippen LogP contribution in [0.25, 0.3) is 22.3 Å². The smallest absolute Gasteiger partial charge is 0.344 e. The fraction of sp³-hybridized carbons (Fsp3) is 0.241. The molecule has 0 bridgehead atoms. The highest BCUT2D eigenvalue weighted by Gasteiger charge is 2.20. The molecule has 0 aliphatic heterocycles. The molecule has 0 radical (unpaired) electrons. The molecular formula is C29H28N4O7. The SMILES string of the molecule is COc1cc(C)c(-c2nc3ccccc3c(=O)n2N=Cc2cc([N+](=O)[O-])ccc2O[C@@H](C)C(=O)O)cc1C(C)C. The van der Waals surface area contributed by atoms with Crippen molar-refractivity contribution < 1.29 is 24.3 Å². The molecule has 0 saturated carbocycles. The van der Waals surface area contributed by atoms with Gasteiger partial charge < -0.3 is 14.6 Å². The Morgan fingerprint density at radius 3 is 2.50 bits per heavy atom. The average Bonchev–Trinajstić information content (AvgIpc) is 2.92. The molecule has 0 unspecified atom stereocenters. The summed E-state index contributed by atoms with van der Waals surface area (Å²) in [4.78, 5) is 40.7. The van der Waals surface area contributed by atoms with E-state index in [1.54, 1.807) is 31.4 Å². The van der Waals surface area contributed by atoms with E-state index in [4.69, 9.17) is 14.5 Å². The summed E-state index contributed by atoms with van der Waals surface area (Å²) < 4.78 is 12.2. The minimum Gasteiger partial charge on any atom is -0.496 e. The molecule has 1 aromatic heterocycles. The Hall–Kier alpha value is -5.06. The summed E-state index contributed by atoms with van der Waals surface area (Å²) in [5.74, 6) is -0.0851. The highest BCUT2D eigenvalue weighted by atomic mass is 16.6. The summed E-state index contributed by atoms with van der Waals surface area (Å²) in [5.41, 5.74) is 2.24. The van der Waals surface area contributed by atoms with E-state index < -0.39 is 22.6 Å². The fourth-order valence-corrected chi connectivity index (χ4v) is 4.19. The highest BCUT2D eigenvalue weighted by molar-refractivity contribution is 5.86. The van der Waals surface area contributed by atoms with Crippen LogP contribution in [0.3, 0.4) is 0 Å². The van der Waals surface area contributed by atoms with Gasteiger partial charge in [-0.05, 0) is 61.2 Å². The predicted molar refractivity (Wildman–Crippen MR) is 151 cm³/mol. The van der Waals surface area contributed by atoms with E-state index in [-0.39, 0.29) is 28.7 Å². The number of nitrogens with zero attached hydrogens (tertiary/aromatic N) is 4. The lowest BCUT2D eigenvalue weighted by atomic mass is 9.96. The average molecular weight is 545 g/mol. The van der Waals surface area contributed by atoms with Gasteiger partial charge in [0.2, 0.25) is 0 Å². The monoisotopic (exact) mass is 544 g/mol. The summed E-state index contributed by atoms with van der Waals surface area (Å²) in [6, 6.07) is 14.3. The number of hydrogen-bond acceptors (Lipinski definition) is 8. The standard InChI is InChI=1S/C29H28N4O7/c1-16(2)22-14-23(17(3)12-26(22)39-5)27-31-24-9-7-6-8-21(24)28(34)32(27)30-15-19-13-20(33(37)38)10-11-25(19)40-18(4)29(35)36/h6-16,18H,1-5H3,(H,35,36)/t18-/m0/s1. The molecular weight excluding hydrogens is 516 g/mol. The lowest BCUT2D eigenvalue weighted by Gasteiger charge is -2.17. The van der Waals surface area contributed by atoms with Gasteiger partial charge in [0.15, 0.2) is 11.9 Å². The third-order valence-corrected chi connectivity index (χ3v) is 6.36. The number of carboxylic acid groups (broad SMARTS) is 1. The normalized spacial score (nSPS) is 12.2. The summed E-state index contributed by atoms with van der Waals surface area (Å²) >= 11 is 0. The first-order valence-electron chi connectivity index (χ1n) is 12.4. The Morgan fingerprint density at radius 1 is 1.12 bits per heavy atom. The van der Waals surface area contributed by atoms with Crippen molar-refractivity contribution >= 4 is 28.8 Å². The number of nitro groups is 1. The van der Waals surface area contributed by atoms with Crippen LogP contribution < -0.4 is 15.0 Å². The molecule has 206 valence electrons. The Labute approximate surface area is 229 Å². The molecule has 4 aromatic rings. The number of hydrogen-bond donors (Lipinski definition) is 1. The second-order valence-electron chi connectivity index (χ2n) is 9.46. The van der Waals surface area contributed by atoms with Crippen LogP contribution in [0.2, 0.25) is 0 Å². The van der Waals surface area contributed by atoms with E-state index in [9.17, 15) is 24.8 Å². The fourth-order valence-electron chi connectivity index (χ4n) is 4.19. The molecule has 1 atom stereocenters. The minimum absolute atomic E-state index is 0.0512. The maximum absolute atomic E-state index is 13.7. The second kappa shape index (κ2) is 11.4. The van der Waals surface area contributed by atoms with Crippen LogP contribution in [0.15, 0.2) is 64.5 Å². The zero-order valence-electron chi connectivity index (χ0n) is 22.6. The van der Waals surface area contributed by atoms with E-state index in [0.29, 0.717) is 22.2 Å². The van der Waals surface area contributed by atoms with Crippen LogP contribution >= 0.6 is 0 Å². The van der Waals surface area contributed by atoms with Gasteiger partial charge in [0.25, 0.3) is 11.2 Å². The number of benzene rings is 3. The van der Waals surface area contributed by atoms with Crippen molar-refractivity contribution in [3.05, 3.63) is 91.8 Å². The predicted octanol–water partition coefficient (Wildman–Crippen LogP) is 5.15. The molecule has 1 N–H and O–H groups in total. The lowest BCUT2D eigenvalue weighted by Crippen LogP contribution is -2.23. The number of non-ortho nitro benzene ring substituents is 1. The first kappa shape index (κ1) is 28.0. The lowest BCUT2D eigenvalue weighted by molar-refractivity contribution is -0.384. The van der Waals surface area contributed by atoms with Gasteiger partial charge in [-0.1, -0.05) is 26.0 Å². The number of para-hydroxylation sites is 1. The van der Waals surface area contributed by atoms with Crippen molar-refractivity contribution in [2.75, 3.05) is 7.11 Å². The van der Waals surface area contributed by atoms with E-state index in [1.807, 2.05) is 32.9 Å². The van der Waals surface area contributed by atoms with Gasteiger partial charge in [-0.15, -0.1) is 0 Å². The van der Waals surface area contributed by atoms with Crippen LogP contribution in [0.5, 0.6) is 11.5 Å². The highest BCUT2D eigenvalue weighted by Crippen LogP contribution is 2.34. The summed E-state index contributed by atoms with van der Waals surface area (Å²) in [6.07, 6.45) is -0.00821. The van der Waals surface area contributed by atoms with E-state index in [0.717, 1.165) is 15.8 Å². The van der Waals surface area contributed by atoms with Gasteiger partial charge in [0.1, 0.15) is 11.5 Å². The maximum atomic E-state index is 13.7. The van der Waals surface area contributed by atoms with Gasteiger partial charge in [0.05, 0.1) is 29.2 Å². The number of methoxy groups -OCH3 is 1. The third-order valence-electron chi connectivity index (χ3n) is 6.36. The Kier molecular flexibility index (Phi) is 7.94. The number of aromatic nitrogens is 2. The van der Waals surface area contributed by atoms with Gasteiger partial charge in [-0.2, -0.15) is 9.78 Å². The van der Waals surface area contributed by atoms with E-state index in [2.05, 4.69) is 5.10 Å². The molecule has 4 rings (SSSR count). The Balaban J connectivity index is 1.97. The number of carboxylic acids is 1. The molecule has 0 saturated heterocycles. The van der Waals surface area contributed by atoms with Crippen LogP contribution in [0.1, 0.15) is 43.4 Å². The maximum Gasteiger partial charge on any atom is 0.344 e.